The van der Waals surface area contributed by atoms with Gasteiger partial charge in [-0.15, -0.1) is 0 Å². The Hall–Kier alpha value is -2.11. The summed E-state index contributed by atoms with van der Waals surface area (Å²) in [7, 11) is 0. The number of halogens is 2. The molecule has 1 N–H and O–H groups in total. The van der Waals surface area contributed by atoms with Gasteiger partial charge in [0.1, 0.15) is 5.82 Å². The molecule has 0 spiro atoms. The summed E-state index contributed by atoms with van der Waals surface area (Å²) in [6, 6.07) is 17.3. The molecule has 1 aromatic heterocycles. The predicted molar refractivity (Wildman–Crippen MR) is 117 cm³/mol. The fourth-order valence-electron chi connectivity index (χ4n) is 3.60. The minimum Gasteiger partial charge on any atom is -0.310 e. The molecule has 0 atom stereocenters. The maximum atomic E-state index is 12.8. The molecule has 1 fully saturated rings. The lowest BCUT2D eigenvalue weighted by Crippen LogP contribution is -2.25. The Bertz CT molecular complexity index is 960. The molecule has 0 unspecified atom stereocenters. The van der Waals surface area contributed by atoms with Crippen LogP contribution in [0.15, 0.2) is 59.1 Å². The molecule has 1 aliphatic rings. The quantitative estimate of drug-likeness (QED) is 0.487. The number of carbonyl (C=O) groups excluding carboxylic acids is 1. The summed E-state index contributed by atoms with van der Waals surface area (Å²) < 4.78 is 2.78. The first-order valence-corrected chi connectivity index (χ1v) is 10.7. The fraction of sp³-hybridized carbons (Fsp3) is 0.273. The van der Waals surface area contributed by atoms with E-state index in [0.29, 0.717) is 10.8 Å². The van der Waals surface area contributed by atoms with Crippen LogP contribution in [0.3, 0.4) is 0 Å². The van der Waals surface area contributed by atoms with Crippen LogP contribution >= 0.6 is 27.5 Å². The Morgan fingerprint density at radius 2 is 1.71 bits per heavy atom. The average Bonchev–Trinajstić information content (AvgIpc) is 3.13. The number of anilines is 1. The van der Waals surface area contributed by atoms with Crippen LogP contribution in [-0.4, -0.2) is 15.7 Å². The van der Waals surface area contributed by atoms with E-state index in [-0.39, 0.29) is 11.8 Å². The summed E-state index contributed by atoms with van der Waals surface area (Å²) >= 11 is 9.48. The third kappa shape index (κ3) is 4.31. The molecule has 1 amide bonds. The number of aromatic nitrogens is 2. The maximum Gasteiger partial charge on any atom is 0.228 e. The minimum atomic E-state index is 0.0839. The smallest absolute Gasteiger partial charge is 0.228 e. The van der Waals surface area contributed by atoms with Gasteiger partial charge in [-0.2, -0.15) is 5.10 Å². The van der Waals surface area contributed by atoms with E-state index in [1.165, 1.54) is 6.42 Å². The topological polar surface area (TPSA) is 46.9 Å². The number of carbonyl (C=O) groups is 1. The van der Waals surface area contributed by atoms with Crippen molar-refractivity contribution in [3.8, 4) is 16.9 Å². The van der Waals surface area contributed by atoms with Crippen LogP contribution in [0.2, 0.25) is 5.02 Å². The lowest BCUT2D eigenvalue weighted by molar-refractivity contribution is -0.120. The second-order valence-electron chi connectivity index (χ2n) is 7.13. The van der Waals surface area contributed by atoms with Crippen molar-refractivity contribution in [1.82, 2.24) is 9.78 Å². The van der Waals surface area contributed by atoms with E-state index in [1.54, 1.807) is 4.68 Å². The molecule has 28 heavy (non-hydrogen) atoms. The summed E-state index contributed by atoms with van der Waals surface area (Å²) in [5, 5.41) is 8.55. The van der Waals surface area contributed by atoms with Crippen molar-refractivity contribution in [3.63, 3.8) is 0 Å². The summed E-state index contributed by atoms with van der Waals surface area (Å²) in [6.07, 6.45) is 5.39. The molecule has 3 aromatic rings. The largest absolute Gasteiger partial charge is 0.310 e. The van der Waals surface area contributed by atoms with Gasteiger partial charge in [0.25, 0.3) is 0 Å². The molecule has 6 heteroatoms. The zero-order valence-electron chi connectivity index (χ0n) is 15.4. The summed E-state index contributed by atoms with van der Waals surface area (Å²) in [5.41, 5.74) is 2.63. The number of rotatable bonds is 4. The van der Waals surface area contributed by atoms with Crippen molar-refractivity contribution in [2.45, 2.75) is 32.1 Å². The van der Waals surface area contributed by atoms with E-state index in [4.69, 9.17) is 16.7 Å². The van der Waals surface area contributed by atoms with Crippen molar-refractivity contribution in [2.24, 2.45) is 5.92 Å². The van der Waals surface area contributed by atoms with Gasteiger partial charge in [0.05, 0.1) is 11.4 Å². The summed E-state index contributed by atoms with van der Waals surface area (Å²) in [6.45, 7) is 0. The van der Waals surface area contributed by atoms with Crippen LogP contribution in [0.4, 0.5) is 5.82 Å². The third-order valence-electron chi connectivity index (χ3n) is 5.15. The van der Waals surface area contributed by atoms with Crippen LogP contribution in [-0.2, 0) is 4.79 Å². The molecule has 1 aliphatic carbocycles. The molecule has 144 valence electrons. The van der Waals surface area contributed by atoms with Crippen LogP contribution in [0.25, 0.3) is 16.9 Å². The molecule has 0 aliphatic heterocycles. The Labute approximate surface area is 178 Å². The lowest BCUT2D eigenvalue weighted by atomic mass is 9.89. The van der Waals surface area contributed by atoms with Crippen LogP contribution in [0.1, 0.15) is 32.1 Å². The van der Waals surface area contributed by atoms with Crippen LogP contribution < -0.4 is 5.32 Å². The first-order chi connectivity index (χ1) is 13.6. The van der Waals surface area contributed by atoms with Gasteiger partial charge in [-0.25, -0.2) is 4.68 Å². The average molecular weight is 459 g/mol. The highest BCUT2D eigenvalue weighted by atomic mass is 79.9. The highest BCUT2D eigenvalue weighted by Crippen LogP contribution is 2.29. The zero-order valence-corrected chi connectivity index (χ0v) is 17.7. The number of hydrogen-bond acceptors (Lipinski definition) is 2. The molecule has 0 saturated heterocycles. The molecule has 4 nitrogen and oxygen atoms in total. The van der Waals surface area contributed by atoms with Gasteiger partial charge in [-0.1, -0.05) is 58.9 Å². The van der Waals surface area contributed by atoms with Gasteiger partial charge in [0, 0.05) is 27.0 Å². The number of nitrogens with zero attached hydrogens (tertiary/aromatic N) is 2. The van der Waals surface area contributed by atoms with Gasteiger partial charge in [-0.3, -0.25) is 4.79 Å². The second kappa shape index (κ2) is 8.50. The zero-order chi connectivity index (χ0) is 19.5. The number of nitrogens with one attached hydrogen (secondary N) is 1. The van der Waals surface area contributed by atoms with Crippen LogP contribution in [0, 0.1) is 5.92 Å². The molecule has 1 heterocycles. The van der Waals surface area contributed by atoms with Crippen molar-refractivity contribution >= 4 is 39.3 Å². The van der Waals surface area contributed by atoms with Crippen molar-refractivity contribution in [3.05, 3.63) is 64.1 Å². The molecular formula is C22H21BrClN3O. The standard InChI is InChI=1S/C22H21BrClN3O/c23-17-8-12-19(13-9-17)27-21(25-22(28)16-4-2-1-3-5-16)14-20(26-27)15-6-10-18(24)11-7-15/h6-14,16H,1-5H2,(H,25,28). The maximum absolute atomic E-state index is 12.8. The van der Waals surface area contributed by atoms with Crippen LogP contribution in [0.5, 0.6) is 0 Å². The highest BCUT2D eigenvalue weighted by molar-refractivity contribution is 9.10. The Kier molecular flexibility index (Phi) is 5.83. The monoisotopic (exact) mass is 457 g/mol. The van der Waals surface area contributed by atoms with Crippen molar-refractivity contribution < 1.29 is 4.79 Å². The lowest BCUT2D eigenvalue weighted by Gasteiger charge is -2.20. The van der Waals surface area contributed by atoms with Gasteiger partial charge < -0.3 is 5.32 Å². The minimum absolute atomic E-state index is 0.0839. The highest BCUT2D eigenvalue weighted by Gasteiger charge is 2.23. The molecule has 4 rings (SSSR count). The van der Waals surface area contributed by atoms with E-state index in [2.05, 4.69) is 21.2 Å². The predicted octanol–water partition coefficient (Wildman–Crippen LogP) is 6.47. The van der Waals surface area contributed by atoms with Gasteiger partial charge in [-0.05, 0) is 49.2 Å². The molecule has 0 bridgehead atoms. The van der Waals surface area contributed by atoms with E-state index in [9.17, 15) is 4.79 Å². The summed E-state index contributed by atoms with van der Waals surface area (Å²) in [4.78, 5) is 12.8. The third-order valence-corrected chi connectivity index (χ3v) is 5.93. The molecular weight excluding hydrogens is 438 g/mol. The van der Waals surface area contributed by atoms with E-state index >= 15 is 0 Å². The second-order valence-corrected chi connectivity index (χ2v) is 8.49. The van der Waals surface area contributed by atoms with E-state index < -0.39 is 0 Å². The van der Waals surface area contributed by atoms with Crippen molar-refractivity contribution in [2.75, 3.05) is 5.32 Å². The Morgan fingerprint density at radius 1 is 1.04 bits per heavy atom. The molecule has 2 aromatic carbocycles. The first kappa shape index (κ1) is 19.2. The SMILES string of the molecule is O=C(Nc1cc(-c2ccc(Cl)cc2)nn1-c1ccc(Br)cc1)C1CCCCC1. The Balaban J connectivity index is 1.68. The van der Waals surface area contributed by atoms with Crippen molar-refractivity contribution in [1.29, 1.82) is 0 Å². The summed E-state index contributed by atoms with van der Waals surface area (Å²) in [5.74, 6) is 0.851. The fourth-order valence-corrected chi connectivity index (χ4v) is 3.99. The van der Waals surface area contributed by atoms with Gasteiger partial charge >= 0.3 is 0 Å². The van der Waals surface area contributed by atoms with Gasteiger partial charge in [0.2, 0.25) is 5.91 Å². The molecule has 1 saturated carbocycles. The van der Waals surface area contributed by atoms with Gasteiger partial charge in [0.15, 0.2) is 0 Å². The molecule has 0 radical (unpaired) electrons. The number of hydrogen-bond donors (Lipinski definition) is 1. The number of amides is 1. The first-order valence-electron chi connectivity index (χ1n) is 9.53. The Morgan fingerprint density at radius 3 is 2.39 bits per heavy atom. The number of benzene rings is 2. The van der Waals surface area contributed by atoms with E-state index in [0.717, 1.165) is 47.1 Å². The van der Waals surface area contributed by atoms with E-state index in [1.807, 2.05) is 54.6 Å². The normalized spacial score (nSPS) is 14.8.